The molecule has 1 atom stereocenters. The maximum absolute atomic E-state index is 13.7. The summed E-state index contributed by atoms with van der Waals surface area (Å²) in [5, 5.41) is 11.0. The largest absolute Gasteiger partial charge is 0.288 e. The molecule has 1 aliphatic carbocycles. The number of aromatic nitrogens is 1. The van der Waals surface area contributed by atoms with Crippen molar-refractivity contribution in [1.29, 1.82) is 0 Å². The van der Waals surface area contributed by atoms with Crippen molar-refractivity contribution in [2.24, 2.45) is 0 Å². The predicted octanol–water partition coefficient (Wildman–Crippen LogP) is 4.88. The first-order chi connectivity index (χ1) is 11.5. The van der Waals surface area contributed by atoms with Gasteiger partial charge in [0.15, 0.2) is 0 Å². The summed E-state index contributed by atoms with van der Waals surface area (Å²) in [6.07, 6.45) is 1.86. The average molecular weight is 332 g/mol. The Hall–Kier alpha value is -2.01. The molecule has 1 saturated carbocycles. The molecule has 0 radical (unpaired) electrons. The molecular weight excluding hydrogens is 310 g/mol. The van der Waals surface area contributed by atoms with Gasteiger partial charge in [-0.25, -0.2) is 8.78 Å². The van der Waals surface area contributed by atoms with Crippen molar-refractivity contribution < 1.29 is 14.0 Å². The van der Waals surface area contributed by atoms with E-state index in [-0.39, 0.29) is 12.2 Å². The number of hydrogen-bond donors (Lipinski definition) is 1. The number of pyridine rings is 1. The molecule has 0 bridgehead atoms. The van der Waals surface area contributed by atoms with E-state index in [2.05, 4.69) is 4.98 Å². The van der Waals surface area contributed by atoms with Gasteiger partial charge < -0.3 is 0 Å². The summed E-state index contributed by atoms with van der Waals surface area (Å²) in [5.41, 5.74) is 3.84. The van der Waals surface area contributed by atoms with Crippen LogP contribution in [0.3, 0.4) is 0 Å². The Morgan fingerprint density at radius 2 is 2.04 bits per heavy atom. The lowest BCUT2D eigenvalue weighted by Crippen LogP contribution is -2.26. The van der Waals surface area contributed by atoms with Crippen molar-refractivity contribution >= 4 is 5.69 Å². The molecule has 1 fully saturated rings. The Balaban J connectivity index is 2.06. The van der Waals surface area contributed by atoms with Crippen molar-refractivity contribution in [3.8, 4) is 11.1 Å². The number of aryl methyl sites for hydroxylation is 1. The molecule has 3 nitrogen and oxygen atoms in total. The molecular formula is C19H22F2N2O. The van der Waals surface area contributed by atoms with Crippen molar-refractivity contribution in [1.82, 2.24) is 4.98 Å². The Bertz CT molecular complexity index is 729. The second-order valence-corrected chi connectivity index (χ2v) is 6.42. The van der Waals surface area contributed by atoms with Crippen LogP contribution in [0, 0.1) is 5.82 Å². The van der Waals surface area contributed by atoms with Gasteiger partial charge in [0.2, 0.25) is 0 Å². The molecule has 1 unspecified atom stereocenters. The summed E-state index contributed by atoms with van der Waals surface area (Å²) < 4.78 is 26.9. The van der Waals surface area contributed by atoms with E-state index < -0.39 is 12.0 Å². The summed E-state index contributed by atoms with van der Waals surface area (Å²) in [4.78, 5) is 4.67. The number of anilines is 1. The second kappa shape index (κ2) is 6.85. The first kappa shape index (κ1) is 16.8. The quantitative estimate of drug-likeness (QED) is 0.766. The monoisotopic (exact) mass is 332 g/mol. The van der Waals surface area contributed by atoms with E-state index in [0.717, 1.165) is 41.3 Å². The highest BCUT2D eigenvalue weighted by atomic mass is 19.1. The number of benzene rings is 1. The van der Waals surface area contributed by atoms with Gasteiger partial charge in [0, 0.05) is 28.9 Å². The highest BCUT2D eigenvalue weighted by Gasteiger charge is 2.26. The minimum atomic E-state index is -1.23. The molecule has 3 rings (SSSR count). The number of hydroxylamine groups is 1. The van der Waals surface area contributed by atoms with Gasteiger partial charge in [-0.2, -0.15) is 0 Å². The maximum Gasteiger partial charge on any atom is 0.125 e. The fourth-order valence-electron chi connectivity index (χ4n) is 2.83. The van der Waals surface area contributed by atoms with Gasteiger partial charge in [0.05, 0.1) is 12.2 Å². The van der Waals surface area contributed by atoms with Crippen LogP contribution in [0.1, 0.15) is 44.0 Å². The molecule has 0 saturated heterocycles. The third-order valence-corrected chi connectivity index (χ3v) is 4.23. The predicted molar refractivity (Wildman–Crippen MR) is 90.7 cm³/mol. The number of nitrogens with zero attached hydrogens (tertiary/aromatic N) is 2. The molecule has 5 heteroatoms. The van der Waals surface area contributed by atoms with Crippen LogP contribution >= 0.6 is 0 Å². The number of halogens is 2. The summed E-state index contributed by atoms with van der Waals surface area (Å²) in [6.45, 7) is 3.18. The van der Waals surface area contributed by atoms with Gasteiger partial charge in [0.1, 0.15) is 12.0 Å². The Morgan fingerprint density at radius 3 is 2.67 bits per heavy atom. The SMILES string of the molecule is CCc1cc(-c2ccc(F)cc2N(O)CC(C)F)cc(C2CC2)n1. The lowest BCUT2D eigenvalue weighted by atomic mass is 10.0. The van der Waals surface area contributed by atoms with Crippen LogP contribution in [0.4, 0.5) is 14.5 Å². The van der Waals surface area contributed by atoms with E-state index in [0.29, 0.717) is 11.5 Å². The zero-order valence-corrected chi connectivity index (χ0v) is 14.0. The molecule has 24 heavy (non-hydrogen) atoms. The zero-order valence-electron chi connectivity index (χ0n) is 14.0. The Morgan fingerprint density at radius 1 is 1.29 bits per heavy atom. The van der Waals surface area contributed by atoms with Crippen LogP contribution in [0.15, 0.2) is 30.3 Å². The first-order valence-corrected chi connectivity index (χ1v) is 8.39. The summed E-state index contributed by atoms with van der Waals surface area (Å²) in [6, 6.07) is 8.17. The minimum Gasteiger partial charge on any atom is -0.288 e. The number of hydrogen-bond acceptors (Lipinski definition) is 3. The fourth-order valence-corrected chi connectivity index (χ4v) is 2.83. The molecule has 1 aliphatic rings. The van der Waals surface area contributed by atoms with Crippen molar-refractivity contribution in [2.75, 3.05) is 11.6 Å². The molecule has 1 aromatic carbocycles. The molecule has 0 spiro atoms. The van der Waals surface area contributed by atoms with Crippen LogP contribution in [0.25, 0.3) is 11.1 Å². The lowest BCUT2D eigenvalue weighted by molar-refractivity contribution is 0.216. The topological polar surface area (TPSA) is 36.4 Å². The summed E-state index contributed by atoms with van der Waals surface area (Å²) in [7, 11) is 0. The van der Waals surface area contributed by atoms with Crippen molar-refractivity contribution in [2.45, 2.75) is 45.2 Å². The van der Waals surface area contributed by atoms with E-state index in [1.807, 2.05) is 19.1 Å². The fraction of sp³-hybridized carbons (Fsp3) is 0.421. The average Bonchev–Trinajstić information content (AvgIpc) is 3.38. The van der Waals surface area contributed by atoms with Crippen LogP contribution in [0.2, 0.25) is 0 Å². The van der Waals surface area contributed by atoms with Gasteiger partial charge in [0.25, 0.3) is 0 Å². The Kier molecular flexibility index (Phi) is 4.81. The number of alkyl halides is 1. The summed E-state index contributed by atoms with van der Waals surface area (Å²) in [5.74, 6) is 0.0294. The van der Waals surface area contributed by atoms with Crippen LogP contribution in [-0.2, 0) is 6.42 Å². The van der Waals surface area contributed by atoms with Gasteiger partial charge >= 0.3 is 0 Å². The molecule has 1 aromatic heterocycles. The summed E-state index contributed by atoms with van der Waals surface area (Å²) >= 11 is 0. The highest BCUT2D eigenvalue weighted by molar-refractivity contribution is 5.78. The van der Waals surface area contributed by atoms with E-state index in [9.17, 15) is 14.0 Å². The van der Waals surface area contributed by atoms with Crippen LogP contribution in [0.5, 0.6) is 0 Å². The maximum atomic E-state index is 13.7. The molecule has 1 N–H and O–H groups in total. The third-order valence-electron chi connectivity index (χ3n) is 4.23. The van der Waals surface area contributed by atoms with E-state index >= 15 is 0 Å². The van der Waals surface area contributed by atoms with E-state index in [4.69, 9.17) is 0 Å². The van der Waals surface area contributed by atoms with Crippen LogP contribution < -0.4 is 5.06 Å². The number of rotatable bonds is 6. The lowest BCUT2D eigenvalue weighted by Gasteiger charge is -2.21. The smallest absolute Gasteiger partial charge is 0.125 e. The molecule has 128 valence electrons. The minimum absolute atomic E-state index is 0.211. The van der Waals surface area contributed by atoms with E-state index in [1.165, 1.54) is 19.1 Å². The second-order valence-electron chi connectivity index (χ2n) is 6.42. The molecule has 2 aromatic rings. The van der Waals surface area contributed by atoms with Crippen molar-refractivity contribution in [3.05, 3.63) is 47.5 Å². The van der Waals surface area contributed by atoms with Gasteiger partial charge in [-0.3, -0.25) is 15.3 Å². The molecule has 1 heterocycles. The van der Waals surface area contributed by atoms with Crippen LogP contribution in [-0.4, -0.2) is 22.9 Å². The van der Waals surface area contributed by atoms with Gasteiger partial charge in [-0.15, -0.1) is 0 Å². The normalized spacial score (nSPS) is 15.4. The third kappa shape index (κ3) is 3.73. The Labute approximate surface area is 140 Å². The molecule has 0 amide bonds. The highest BCUT2D eigenvalue weighted by Crippen LogP contribution is 2.41. The van der Waals surface area contributed by atoms with Gasteiger partial charge in [-0.1, -0.05) is 6.92 Å². The molecule has 0 aliphatic heterocycles. The zero-order chi connectivity index (χ0) is 17.3. The van der Waals surface area contributed by atoms with Crippen molar-refractivity contribution in [3.63, 3.8) is 0 Å². The van der Waals surface area contributed by atoms with E-state index in [1.54, 1.807) is 6.07 Å². The van der Waals surface area contributed by atoms with Gasteiger partial charge in [-0.05, 0) is 56.0 Å². The standard InChI is InChI=1S/C19H22F2N2O/c1-3-16-8-14(9-18(22-16)13-4-5-13)17-7-6-15(21)10-19(17)23(24)11-12(2)20/h6-10,12-13,24H,3-5,11H2,1-2H3. The first-order valence-electron chi connectivity index (χ1n) is 8.39.